The number of hydrogen-bond donors (Lipinski definition) is 1. The predicted octanol–water partition coefficient (Wildman–Crippen LogP) is 0.874. The lowest BCUT2D eigenvalue weighted by atomic mass is 10.2. The van der Waals surface area contributed by atoms with Crippen LogP contribution in [-0.2, 0) is 0 Å². The molecule has 0 aliphatic carbocycles. The van der Waals surface area contributed by atoms with E-state index in [9.17, 15) is 0 Å². The first-order valence-electron chi connectivity index (χ1n) is 3.84. The van der Waals surface area contributed by atoms with Crippen molar-refractivity contribution in [2.75, 3.05) is 23.7 Å². The predicted molar refractivity (Wildman–Crippen MR) is 45.5 cm³/mol. The summed E-state index contributed by atoms with van der Waals surface area (Å²) in [4.78, 5) is 6.42. The molecule has 0 spiro atoms. The topological polar surface area (TPSA) is 42.1 Å². The average Bonchev–Trinajstić information content (AvgIpc) is 1.83. The lowest BCUT2D eigenvalue weighted by Gasteiger charge is -2.31. The Hall–Kier alpha value is -1.25. The second-order valence-corrected chi connectivity index (χ2v) is 2.76. The van der Waals surface area contributed by atoms with Gasteiger partial charge in [0, 0.05) is 13.1 Å². The fourth-order valence-corrected chi connectivity index (χ4v) is 1.16. The van der Waals surface area contributed by atoms with Crippen LogP contribution in [0, 0.1) is 0 Å². The molecule has 1 fully saturated rings. The fraction of sp³-hybridized carbons (Fsp3) is 0.375. The number of nitrogen functional groups attached to an aromatic ring is 1. The fourth-order valence-electron chi connectivity index (χ4n) is 1.16. The molecule has 1 aliphatic rings. The minimum atomic E-state index is 0.606. The van der Waals surface area contributed by atoms with Gasteiger partial charge >= 0.3 is 0 Å². The van der Waals surface area contributed by atoms with Crippen LogP contribution < -0.4 is 10.6 Å². The number of hydrogen-bond acceptors (Lipinski definition) is 3. The Morgan fingerprint density at radius 2 is 2.18 bits per heavy atom. The molecule has 0 aromatic carbocycles. The summed E-state index contributed by atoms with van der Waals surface area (Å²) in [7, 11) is 0. The van der Waals surface area contributed by atoms with E-state index in [0.717, 1.165) is 18.9 Å². The van der Waals surface area contributed by atoms with E-state index in [-0.39, 0.29) is 0 Å². The van der Waals surface area contributed by atoms with Crippen LogP contribution in [0.15, 0.2) is 18.2 Å². The number of anilines is 2. The summed E-state index contributed by atoms with van der Waals surface area (Å²) in [6.07, 6.45) is 1.27. The van der Waals surface area contributed by atoms with Crippen molar-refractivity contribution < 1.29 is 0 Å². The molecule has 1 aromatic rings. The number of pyridine rings is 1. The monoisotopic (exact) mass is 149 g/mol. The molecule has 1 aliphatic heterocycles. The highest BCUT2D eigenvalue weighted by atomic mass is 15.2. The van der Waals surface area contributed by atoms with Gasteiger partial charge in [0.05, 0.1) is 0 Å². The molecule has 0 unspecified atom stereocenters. The highest BCUT2D eigenvalue weighted by molar-refractivity contribution is 5.46. The van der Waals surface area contributed by atoms with Crippen LogP contribution >= 0.6 is 0 Å². The van der Waals surface area contributed by atoms with E-state index >= 15 is 0 Å². The van der Waals surface area contributed by atoms with Gasteiger partial charge < -0.3 is 10.6 Å². The number of rotatable bonds is 1. The highest BCUT2D eigenvalue weighted by Gasteiger charge is 2.14. The van der Waals surface area contributed by atoms with Gasteiger partial charge in [-0.15, -0.1) is 0 Å². The van der Waals surface area contributed by atoms with Crippen molar-refractivity contribution >= 4 is 11.6 Å². The van der Waals surface area contributed by atoms with Gasteiger partial charge in [-0.3, -0.25) is 0 Å². The second-order valence-electron chi connectivity index (χ2n) is 2.76. The molecule has 3 nitrogen and oxygen atoms in total. The molecular formula is C8H11N3. The molecule has 0 radical (unpaired) electrons. The van der Waals surface area contributed by atoms with E-state index in [0.29, 0.717) is 5.82 Å². The molecule has 3 heteroatoms. The third-order valence-corrected chi connectivity index (χ3v) is 1.94. The largest absolute Gasteiger partial charge is 0.384 e. The Morgan fingerprint density at radius 1 is 1.36 bits per heavy atom. The number of nitrogens with zero attached hydrogens (tertiary/aromatic N) is 2. The maximum absolute atomic E-state index is 5.54. The van der Waals surface area contributed by atoms with E-state index in [1.54, 1.807) is 0 Å². The van der Waals surface area contributed by atoms with E-state index in [2.05, 4.69) is 9.88 Å². The van der Waals surface area contributed by atoms with E-state index in [1.165, 1.54) is 6.42 Å². The minimum Gasteiger partial charge on any atom is -0.384 e. The van der Waals surface area contributed by atoms with Crippen LogP contribution in [0.25, 0.3) is 0 Å². The van der Waals surface area contributed by atoms with Gasteiger partial charge in [0.15, 0.2) is 0 Å². The standard InChI is InChI=1S/C8H11N3/c9-7-3-1-4-8(10-7)11-5-2-6-11/h1,3-4H,2,5-6H2,(H2,9,10). The summed E-state index contributed by atoms with van der Waals surface area (Å²) in [6.45, 7) is 2.24. The first-order valence-corrected chi connectivity index (χ1v) is 3.84. The lowest BCUT2D eigenvalue weighted by molar-refractivity contribution is 0.610. The molecule has 0 amide bonds. The third-order valence-electron chi connectivity index (χ3n) is 1.94. The van der Waals surface area contributed by atoms with Gasteiger partial charge in [0.25, 0.3) is 0 Å². The lowest BCUT2D eigenvalue weighted by Crippen LogP contribution is -2.37. The summed E-state index contributed by atoms with van der Waals surface area (Å²) < 4.78 is 0. The Morgan fingerprint density at radius 3 is 2.73 bits per heavy atom. The van der Waals surface area contributed by atoms with Crippen molar-refractivity contribution in [2.45, 2.75) is 6.42 Å². The second kappa shape index (κ2) is 2.42. The van der Waals surface area contributed by atoms with Gasteiger partial charge in [-0.25, -0.2) is 4.98 Å². The number of nitrogens with two attached hydrogens (primary N) is 1. The van der Waals surface area contributed by atoms with Crippen LogP contribution in [-0.4, -0.2) is 18.1 Å². The van der Waals surface area contributed by atoms with E-state index < -0.39 is 0 Å². The van der Waals surface area contributed by atoms with Crippen LogP contribution in [0.4, 0.5) is 11.6 Å². The molecular weight excluding hydrogens is 138 g/mol. The Kier molecular flexibility index (Phi) is 1.42. The van der Waals surface area contributed by atoms with Gasteiger partial charge in [0.1, 0.15) is 11.6 Å². The smallest absolute Gasteiger partial charge is 0.130 e. The quantitative estimate of drug-likeness (QED) is 0.644. The van der Waals surface area contributed by atoms with Gasteiger partial charge in [-0.2, -0.15) is 0 Å². The van der Waals surface area contributed by atoms with Crippen LogP contribution in [0.3, 0.4) is 0 Å². The van der Waals surface area contributed by atoms with Crippen molar-refractivity contribution in [3.05, 3.63) is 18.2 Å². The van der Waals surface area contributed by atoms with Gasteiger partial charge in [-0.05, 0) is 18.6 Å². The summed E-state index contributed by atoms with van der Waals surface area (Å²) in [5.74, 6) is 1.62. The van der Waals surface area contributed by atoms with Crippen molar-refractivity contribution in [1.29, 1.82) is 0 Å². The molecule has 0 atom stereocenters. The molecule has 1 saturated heterocycles. The Bertz CT molecular complexity index is 255. The molecule has 2 N–H and O–H groups in total. The Balaban J connectivity index is 2.23. The summed E-state index contributed by atoms with van der Waals surface area (Å²) in [6, 6.07) is 5.74. The van der Waals surface area contributed by atoms with Crippen molar-refractivity contribution in [3.8, 4) is 0 Å². The first-order chi connectivity index (χ1) is 5.36. The summed E-state index contributed by atoms with van der Waals surface area (Å²) in [5, 5.41) is 0. The summed E-state index contributed by atoms with van der Waals surface area (Å²) >= 11 is 0. The van der Waals surface area contributed by atoms with Gasteiger partial charge in [-0.1, -0.05) is 6.07 Å². The molecule has 0 bridgehead atoms. The van der Waals surface area contributed by atoms with Gasteiger partial charge in [0.2, 0.25) is 0 Å². The molecule has 11 heavy (non-hydrogen) atoms. The normalized spacial score (nSPS) is 16.2. The molecule has 1 aromatic heterocycles. The van der Waals surface area contributed by atoms with E-state index in [1.807, 2.05) is 18.2 Å². The maximum atomic E-state index is 5.54. The summed E-state index contributed by atoms with van der Waals surface area (Å²) in [5.41, 5.74) is 5.54. The molecule has 0 saturated carbocycles. The zero-order valence-electron chi connectivity index (χ0n) is 6.33. The van der Waals surface area contributed by atoms with Crippen LogP contribution in [0.2, 0.25) is 0 Å². The van der Waals surface area contributed by atoms with E-state index in [4.69, 9.17) is 5.73 Å². The van der Waals surface area contributed by atoms with Crippen molar-refractivity contribution in [1.82, 2.24) is 4.98 Å². The highest BCUT2D eigenvalue weighted by Crippen LogP contribution is 2.17. The zero-order valence-corrected chi connectivity index (χ0v) is 6.33. The Labute approximate surface area is 65.8 Å². The SMILES string of the molecule is Nc1cccc(N2CCC2)n1. The average molecular weight is 149 g/mol. The number of aromatic nitrogens is 1. The minimum absolute atomic E-state index is 0.606. The maximum Gasteiger partial charge on any atom is 0.130 e. The van der Waals surface area contributed by atoms with Crippen molar-refractivity contribution in [3.63, 3.8) is 0 Å². The zero-order chi connectivity index (χ0) is 7.68. The van der Waals surface area contributed by atoms with Crippen molar-refractivity contribution in [2.24, 2.45) is 0 Å². The molecule has 2 heterocycles. The molecule has 58 valence electrons. The third kappa shape index (κ3) is 1.13. The van der Waals surface area contributed by atoms with Crippen LogP contribution in [0.5, 0.6) is 0 Å². The first kappa shape index (κ1) is 6.46. The molecule has 2 rings (SSSR count). The van der Waals surface area contributed by atoms with Crippen LogP contribution in [0.1, 0.15) is 6.42 Å².